The van der Waals surface area contributed by atoms with Gasteiger partial charge in [-0.3, -0.25) is 9.59 Å². The summed E-state index contributed by atoms with van der Waals surface area (Å²) in [5.41, 5.74) is 4.92. The molecule has 0 atom stereocenters. The predicted octanol–water partition coefficient (Wildman–Crippen LogP) is 5.02. The molecule has 1 aromatic heterocycles. The maximum atomic E-state index is 13.0. The fourth-order valence-corrected chi connectivity index (χ4v) is 5.19. The van der Waals surface area contributed by atoms with Gasteiger partial charge in [0.15, 0.2) is 5.16 Å². The van der Waals surface area contributed by atoms with Gasteiger partial charge in [-0.1, -0.05) is 66.4 Å². The maximum Gasteiger partial charge on any atom is 0.253 e. The lowest BCUT2D eigenvalue weighted by Gasteiger charge is -2.31. The number of carbonyl (C=O) groups is 2. The predicted molar refractivity (Wildman–Crippen MR) is 139 cm³/mol. The molecule has 1 fully saturated rings. The second-order valence-electron chi connectivity index (χ2n) is 8.81. The minimum Gasteiger partial charge on any atom is -0.352 e. The molecule has 6 nitrogen and oxygen atoms in total. The van der Waals surface area contributed by atoms with Crippen LogP contribution in [0.5, 0.6) is 0 Å². The summed E-state index contributed by atoms with van der Waals surface area (Å²) in [6.45, 7) is 1.75. The maximum absolute atomic E-state index is 13.0. The van der Waals surface area contributed by atoms with E-state index < -0.39 is 0 Å². The van der Waals surface area contributed by atoms with Gasteiger partial charge < -0.3 is 15.2 Å². The Labute approximate surface area is 209 Å². The number of hydrogen-bond acceptors (Lipinski definition) is 4. The minimum atomic E-state index is -0.0413. The lowest BCUT2D eigenvalue weighted by atomic mass is 9.95. The molecule has 0 unspecified atom stereocenters. The average molecular weight is 485 g/mol. The molecule has 0 spiro atoms. The minimum absolute atomic E-state index is 0.0321. The van der Waals surface area contributed by atoms with Crippen molar-refractivity contribution in [2.75, 3.05) is 13.1 Å². The fraction of sp³-hybridized carbons (Fsp3) is 0.250. The van der Waals surface area contributed by atoms with E-state index in [2.05, 4.69) is 15.3 Å². The molecule has 1 aliphatic rings. The zero-order valence-corrected chi connectivity index (χ0v) is 20.3. The first-order valence-corrected chi connectivity index (χ1v) is 12.9. The Morgan fingerprint density at radius 2 is 1.63 bits per heavy atom. The smallest absolute Gasteiger partial charge is 0.253 e. The van der Waals surface area contributed by atoms with Gasteiger partial charge in [-0.2, -0.15) is 0 Å². The fourth-order valence-electron chi connectivity index (χ4n) is 4.35. The number of para-hydroxylation sites is 2. The van der Waals surface area contributed by atoms with Crippen molar-refractivity contribution in [3.05, 3.63) is 95.6 Å². The normalized spacial score (nSPS) is 14.2. The van der Waals surface area contributed by atoms with Gasteiger partial charge in [0.2, 0.25) is 5.91 Å². The molecule has 0 radical (unpaired) electrons. The first kappa shape index (κ1) is 23.2. The van der Waals surface area contributed by atoms with Gasteiger partial charge in [0.25, 0.3) is 5.91 Å². The molecule has 3 aromatic carbocycles. The van der Waals surface area contributed by atoms with E-state index >= 15 is 0 Å². The number of carbonyl (C=O) groups excluding carboxylic acids is 2. The number of rotatable bonds is 7. The highest BCUT2D eigenvalue weighted by atomic mass is 32.2. The standard InChI is InChI=1S/C28H28N4O2S/c33-26(29-18-20-6-2-1-3-7-20)22-14-16-32(17-15-22)27(34)23-12-10-21(11-13-23)19-35-28-30-24-8-4-5-9-25(24)31-28/h1-13,22H,14-19H2,(H,29,33)(H,30,31). The monoisotopic (exact) mass is 484 g/mol. The third-order valence-electron chi connectivity index (χ3n) is 6.41. The van der Waals surface area contributed by atoms with Gasteiger partial charge in [-0.25, -0.2) is 4.98 Å². The van der Waals surface area contributed by atoms with Crippen molar-refractivity contribution in [1.29, 1.82) is 0 Å². The van der Waals surface area contributed by atoms with Gasteiger partial charge in [0, 0.05) is 36.9 Å². The Morgan fingerprint density at radius 1 is 0.914 bits per heavy atom. The van der Waals surface area contributed by atoms with Crippen LogP contribution in [0.3, 0.4) is 0 Å². The van der Waals surface area contributed by atoms with Crippen LogP contribution in [0.2, 0.25) is 0 Å². The number of H-pyrrole nitrogens is 1. The number of piperidine rings is 1. The quantitative estimate of drug-likeness (QED) is 0.361. The second-order valence-corrected chi connectivity index (χ2v) is 9.78. The van der Waals surface area contributed by atoms with E-state index in [9.17, 15) is 9.59 Å². The number of likely N-dealkylation sites (tertiary alicyclic amines) is 1. The second kappa shape index (κ2) is 10.8. The summed E-state index contributed by atoms with van der Waals surface area (Å²) < 4.78 is 0. The van der Waals surface area contributed by atoms with Crippen LogP contribution in [0.15, 0.2) is 84.0 Å². The van der Waals surface area contributed by atoms with Crippen LogP contribution in [0.4, 0.5) is 0 Å². The number of nitrogens with one attached hydrogen (secondary N) is 2. The zero-order chi connectivity index (χ0) is 24.0. The van der Waals surface area contributed by atoms with E-state index in [-0.39, 0.29) is 17.7 Å². The third-order valence-corrected chi connectivity index (χ3v) is 7.35. The Hall–Kier alpha value is -3.58. The molecule has 2 heterocycles. The van der Waals surface area contributed by atoms with E-state index in [1.54, 1.807) is 11.8 Å². The molecule has 0 aliphatic carbocycles. The van der Waals surface area contributed by atoms with Crippen molar-refractivity contribution in [2.24, 2.45) is 5.92 Å². The van der Waals surface area contributed by atoms with Gasteiger partial charge in [-0.05, 0) is 48.2 Å². The molecule has 1 aliphatic heterocycles. The van der Waals surface area contributed by atoms with Crippen molar-refractivity contribution in [3.63, 3.8) is 0 Å². The molecular formula is C28H28N4O2S. The molecule has 0 saturated carbocycles. The van der Waals surface area contributed by atoms with Gasteiger partial charge in [-0.15, -0.1) is 0 Å². The first-order valence-electron chi connectivity index (χ1n) is 11.9. The number of amides is 2. The van der Waals surface area contributed by atoms with Crippen molar-refractivity contribution in [2.45, 2.75) is 30.3 Å². The highest BCUT2D eigenvalue weighted by Gasteiger charge is 2.27. The molecule has 2 N–H and O–H groups in total. The Morgan fingerprint density at radius 3 is 2.37 bits per heavy atom. The largest absolute Gasteiger partial charge is 0.352 e. The Balaban J connectivity index is 1.09. The lowest BCUT2D eigenvalue weighted by Crippen LogP contribution is -2.42. The molecule has 2 amide bonds. The van der Waals surface area contributed by atoms with E-state index in [4.69, 9.17) is 0 Å². The number of aromatic amines is 1. The molecule has 178 valence electrons. The Kier molecular flexibility index (Phi) is 7.14. The van der Waals surface area contributed by atoms with Crippen LogP contribution in [0.1, 0.15) is 34.3 Å². The third kappa shape index (κ3) is 5.74. The van der Waals surface area contributed by atoms with Crippen LogP contribution in [-0.2, 0) is 17.1 Å². The van der Waals surface area contributed by atoms with Crippen LogP contribution >= 0.6 is 11.8 Å². The molecule has 1 saturated heterocycles. The van der Waals surface area contributed by atoms with Crippen LogP contribution < -0.4 is 5.32 Å². The summed E-state index contributed by atoms with van der Waals surface area (Å²) >= 11 is 1.65. The van der Waals surface area contributed by atoms with E-state index in [1.807, 2.05) is 83.8 Å². The van der Waals surface area contributed by atoms with Crippen molar-refractivity contribution in [1.82, 2.24) is 20.2 Å². The van der Waals surface area contributed by atoms with Gasteiger partial charge in [0.05, 0.1) is 11.0 Å². The summed E-state index contributed by atoms with van der Waals surface area (Å²) in [7, 11) is 0. The number of nitrogens with zero attached hydrogens (tertiary/aromatic N) is 2. The van der Waals surface area contributed by atoms with Crippen LogP contribution in [0, 0.1) is 5.92 Å². The van der Waals surface area contributed by atoms with Crippen molar-refractivity contribution in [3.8, 4) is 0 Å². The number of fused-ring (bicyclic) bond motifs is 1. The lowest BCUT2D eigenvalue weighted by molar-refractivity contribution is -0.126. The molecule has 0 bridgehead atoms. The van der Waals surface area contributed by atoms with Crippen molar-refractivity contribution < 1.29 is 9.59 Å². The number of aromatic nitrogens is 2. The highest BCUT2D eigenvalue weighted by Crippen LogP contribution is 2.24. The van der Waals surface area contributed by atoms with Crippen molar-refractivity contribution >= 4 is 34.6 Å². The first-order chi connectivity index (χ1) is 17.2. The summed E-state index contributed by atoms with van der Waals surface area (Å²) in [6.07, 6.45) is 1.39. The van der Waals surface area contributed by atoms with Crippen LogP contribution in [0.25, 0.3) is 11.0 Å². The SMILES string of the molecule is O=C(NCc1ccccc1)C1CCN(C(=O)c2ccc(CSc3nc4ccccc4[nH]3)cc2)CC1. The van der Waals surface area contributed by atoms with Gasteiger partial charge >= 0.3 is 0 Å². The molecule has 35 heavy (non-hydrogen) atoms. The van der Waals surface area contributed by atoms with E-state index in [1.165, 1.54) is 0 Å². The Bertz CT molecular complexity index is 1260. The molecular weight excluding hydrogens is 456 g/mol. The number of thioether (sulfide) groups is 1. The van der Waals surface area contributed by atoms with Crippen LogP contribution in [-0.4, -0.2) is 39.8 Å². The number of imidazole rings is 1. The van der Waals surface area contributed by atoms with E-state index in [0.717, 1.165) is 33.1 Å². The average Bonchev–Trinajstić information content (AvgIpc) is 3.34. The summed E-state index contributed by atoms with van der Waals surface area (Å²) in [4.78, 5) is 35.3. The molecule has 5 rings (SSSR count). The number of benzene rings is 3. The zero-order valence-electron chi connectivity index (χ0n) is 19.4. The van der Waals surface area contributed by atoms with E-state index in [0.29, 0.717) is 38.0 Å². The number of hydrogen-bond donors (Lipinski definition) is 2. The highest BCUT2D eigenvalue weighted by molar-refractivity contribution is 7.98. The topological polar surface area (TPSA) is 78.1 Å². The summed E-state index contributed by atoms with van der Waals surface area (Å²) in [5.74, 6) is 0.843. The molecule has 7 heteroatoms. The summed E-state index contributed by atoms with van der Waals surface area (Å²) in [5, 5.41) is 3.92. The molecule has 4 aromatic rings. The summed E-state index contributed by atoms with van der Waals surface area (Å²) in [6, 6.07) is 25.7. The van der Waals surface area contributed by atoms with Gasteiger partial charge in [0.1, 0.15) is 0 Å².